The summed E-state index contributed by atoms with van der Waals surface area (Å²) in [4.78, 5) is 0. The minimum Gasteiger partial charge on any atom is -0.396 e. The third-order valence-electron chi connectivity index (χ3n) is 2.49. The average molecular weight is 241 g/mol. The lowest BCUT2D eigenvalue weighted by Gasteiger charge is -2.08. The summed E-state index contributed by atoms with van der Waals surface area (Å²) in [6.07, 6.45) is -2.86. The van der Waals surface area contributed by atoms with E-state index in [0.29, 0.717) is 17.1 Å². The number of nitrogens with two attached hydrogens (primary N) is 1. The Morgan fingerprint density at radius 1 is 1.18 bits per heavy atom. The van der Waals surface area contributed by atoms with Gasteiger partial charge in [-0.2, -0.15) is 18.3 Å². The van der Waals surface area contributed by atoms with E-state index >= 15 is 0 Å². The molecule has 0 aliphatic rings. The number of hydrogen-bond donors (Lipinski definition) is 1. The van der Waals surface area contributed by atoms with Crippen LogP contribution in [0.3, 0.4) is 0 Å². The van der Waals surface area contributed by atoms with E-state index in [1.54, 1.807) is 6.92 Å². The molecular weight excluding hydrogens is 231 g/mol. The van der Waals surface area contributed by atoms with Gasteiger partial charge in [-0.25, -0.2) is 4.68 Å². The van der Waals surface area contributed by atoms with Crippen LogP contribution < -0.4 is 5.73 Å². The van der Waals surface area contributed by atoms with E-state index in [-0.39, 0.29) is 0 Å². The molecule has 0 unspecified atom stereocenters. The Kier molecular flexibility index (Phi) is 2.57. The number of alkyl halides is 3. The zero-order valence-electron chi connectivity index (χ0n) is 8.99. The second-order valence-electron chi connectivity index (χ2n) is 3.64. The number of nitrogens with zero attached hydrogens (tertiary/aromatic N) is 2. The van der Waals surface area contributed by atoms with Crippen molar-refractivity contribution in [3.05, 3.63) is 41.7 Å². The number of halogens is 3. The van der Waals surface area contributed by atoms with Crippen molar-refractivity contribution in [2.45, 2.75) is 13.1 Å². The SMILES string of the molecule is Cc1c(N)cnn1-c1ccc(C(F)(F)F)cc1. The molecule has 0 saturated heterocycles. The van der Waals surface area contributed by atoms with Gasteiger partial charge in [-0.3, -0.25) is 0 Å². The fourth-order valence-corrected chi connectivity index (χ4v) is 1.47. The highest BCUT2D eigenvalue weighted by Crippen LogP contribution is 2.29. The molecule has 1 aromatic carbocycles. The topological polar surface area (TPSA) is 43.8 Å². The highest BCUT2D eigenvalue weighted by molar-refractivity contribution is 5.45. The smallest absolute Gasteiger partial charge is 0.396 e. The molecule has 1 heterocycles. The second-order valence-corrected chi connectivity index (χ2v) is 3.64. The van der Waals surface area contributed by atoms with Gasteiger partial charge in [-0.05, 0) is 31.2 Å². The van der Waals surface area contributed by atoms with Crippen molar-refractivity contribution in [2.24, 2.45) is 0 Å². The molecule has 0 aliphatic carbocycles. The van der Waals surface area contributed by atoms with Crippen LogP contribution in [0.25, 0.3) is 5.69 Å². The van der Waals surface area contributed by atoms with Gasteiger partial charge in [0.1, 0.15) is 0 Å². The summed E-state index contributed by atoms with van der Waals surface area (Å²) in [5, 5.41) is 3.99. The summed E-state index contributed by atoms with van der Waals surface area (Å²) in [6, 6.07) is 4.77. The molecule has 0 bridgehead atoms. The highest BCUT2D eigenvalue weighted by Gasteiger charge is 2.30. The predicted octanol–water partition coefficient (Wildman–Crippen LogP) is 2.78. The Balaban J connectivity index is 2.40. The lowest BCUT2D eigenvalue weighted by molar-refractivity contribution is -0.137. The van der Waals surface area contributed by atoms with Gasteiger partial charge in [0.25, 0.3) is 0 Å². The van der Waals surface area contributed by atoms with Gasteiger partial charge in [-0.1, -0.05) is 0 Å². The Bertz CT molecular complexity index is 526. The van der Waals surface area contributed by atoms with Gasteiger partial charge in [-0.15, -0.1) is 0 Å². The van der Waals surface area contributed by atoms with E-state index in [1.807, 2.05) is 0 Å². The van der Waals surface area contributed by atoms with Gasteiger partial charge < -0.3 is 5.73 Å². The maximum atomic E-state index is 12.4. The summed E-state index contributed by atoms with van der Waals surface area (Å²) in [5.41, 5.74) is 6.68. The molecule has 0 atom stereocenters. The maximum Gasteiger partial charge on any atom is 0.416 e. The normalized spacial score (nSPS) is 11.8. The first kappa shape index (κ1) is 11.5. The van der Waals surface area contributed by atoms with Crippen molar-refractivity contribution in [1.82, 2.24) is 9.78 Å². The van der Waals surface area contributed by atoms with Crippen LogP contribution >= 0.6 is 0 Å². The maximum absolute atomic E-state index is 12.4. The van der Waals surface area contributed by atoms with Crippen molar-refractivity contribution < 1.29 is 13.2 Å². The van der Waals surface area contributed by atoms with Crippen molar-refractivity contribution in [3.63, 3.8) is 0 Å². The second kappa shape index (κ2) is 3.80. The summed E-state index contributed by atoms with van der Waals surface area (Å²) in [5.74, 6) is 0. The minimum atomic E-state index is -4.32. The molecule has 6 heteroatoms. The molecule has 0 fully saturated rings. The molecular formula is C11H10F3N3. The van der Waals surface area contributed by atoms with Crippen LogP contribution in [0.2, 0.25) is 0 Å². The molecule has 0 spiro atoms. The van der Waals surface area contributed by atoms with Crippen molar-refractivity contribution in [2.75, 3.05) is 5.73 Å². The number of benzene rings is 1. The van der Waals surface area contributed by atoms with Crippen LogP contribution in [0, 0.1) is 6.92 Å². The predicted molar refractivity (Wildman–Crippen MR) is 57.7 cm³/mol. The monoisotopic (exact) mass is 241 g/mol. The third-order valence-corrected chi connectivity index (χ3v) is 2.49. The molecule has 3 nitrogen and oxygen atoms in total. The average Bonchev–Trinajstić information content (AvgIpc) is 2.59. The van der Waals surface area contributed by atoms with E-state index in [0.717, 1.165) is 12.1 Å². The van der Waals surface area contributed by atoms with Gasteiger partial charge >= 0.3 is 6.18 Å². The Hall–Kier alpha value is -1.98. The van der Waals surface area contributed by atoms with E-state index in [9.17, 15) is 13.2 Å². The molecule has 2 rings (SSSR count). The number of aromatic nitrogens is 2. The quantitative estimate of drug-likeness (QED) is 0.834. The molecule has 2 aromatic rings. The number of hydrogen-bond acceptors (Lipinski definition) is 2. The van der Waals surface area contributed by atoms with E-state index in [4.69, 9.17) is 5.73 Å². The Morgan fingerprint density at radius 2 is 1.76 bits per heavy atom. The van der Waals surface area contributed by atoms with Gasteiger partial charge in [0.2, 0.25) is 0 Å². The van der Waals surface area contributed by atoms with Crippen LogP contribution in [0.5, 0.6) is 0 Å². The van der Waals surface area contributed by atoms with E-state index in [2.05, 4.69) is 5.10 Å². The van der Waals surface area contributed by atoms with Gasteiger partial charge in [0.05, 0.1) is 28.8 Å². The molecule has 2 N–H and O–H groups in total. The van der Waals surface area contributed by atoms with Crippen LogP contribution in [-0.4, -0.2) is 9.78 Å². The van der Waals surface area contributed by atoms with E-state index < -0.39 is 11.7 Å². The first-order chi connectivity index (χ1) is 7.89. The minimum absolute atomic E-state index is 0.505. The lowest BCUT2D eigenvalue weighted by atomic mass is 10.2. The standard InChI is InChI=1S/C11H10F3N3/c1-7-10(15)6-16-17(7)9-4-2-8(3-5-9)11(12,13)14/h2-6H,15H2,1H3. The van der Waals surface area contributed by atoms with Crippen molar-refractivity contribution >= 4 is 5.69 Å². The molecule has 1 aromatic heterocycles. The first-order valence-electron chi connectivity index (χ1n) is 4.87. The first-order valence-corrected chi connectivity index (χ1v) is 4.87. The number of rotatable bonds is 1. The Morgan fingerprint density at radius 3 is 2.18 bits per heavy atom. The lowest BCUT2D eigenvalue weighted by Crippen LogP contribution is -2.05. The summed E-state index contributed by atoms with van der Waals surface area (Å²) in [7, 11) is 0. The largest absolute Gasteiger partial charge is 0.416 e. The Labute approximate surface area is 95.7 Å². The van der Waals surface area contributed by atoms with E-state index in [1.165, 1.54) is 23.0 Å². The molecule has 0 amide bonds. The highest BCUT2D eigenvalue weighted by atomic mass is 19.4. The third kappa shape index (κ3) is 2.11. The summed E-state index contributed by atoms with van der Waals surface area (Å²) >= 11 is 0. The summed E-state index contributed by atoms with van der Waals surface area (Å²) in [6.45, 7) is 1.75. The molecule has 0 radical (unpaired) electrons. The fourth-order valence-electron chi connectivity index (χ4n) is 1.47. The molecule has 0 saturated carbocycles. The fraction of sp³-hybridized carbons (Fsp3) is 0.182. The molecule has 17 heavy (non-hydrogen) atoms. The molecule has 0 aliphatic heterocycles. The van der Waals surface area contributed by atoms with Crippen molar-refractivity contribution in [3.8, 4) is 5.69 Å². The zero-order chi connectivity index (χ0) is 12.6. The van der Waals surface area contributed by atoms with Crippen molar-refractivity contribution in [1.29, 1.82) is 0 Å². The van der Waals surface area contributed by atoms with Crippen LogP contribution in [0.1, 0.15) is 11.3 Å². The summed E-state index contributed by atoms with van der Waals surface area (Å²) < 4.78 is 38.6. The molecule has 90 valence electrons. The van der Waals surface area contributed by atoms with Crippen LogP contribution in [0.4, 0.5) is 18.9 Å². The number of nitrogen functional groups attached to an aromatic ring is 1. The van der Waals surface area contributed by atoms with Gasteiger partial charge in [0.15, 0.2) is 0 Å². The van der Waals surface area contributed by atoms with Crippen LogP contribution in [0.15, 0.2) is 30.5 Å². The van der Waals surface area contributed by atoms with Gasteiger partial charge in [0, 0.05) is 0 Å². The zero-order valence-corrected chi connectivity index (χ0v) is 8.99. The number of anilines is 1. The van der Waals surface area contributed by atoms with Crippen LogP contribution in [-0.2, 0) is 6.18 Å².